The summed E-state index contributed by atoms with van der Waals surface area (Å²) in [5, 5.41) is 14.3. The van der Waals surface area contributed by atoms with E-state index in [0.29, 0.717) is 15.4 Å². The first kappa shape index (κ1) is 17.8. The molecule has 1 heterocycles. The number of hydrogen-bond donors (Lipinski definition) is 2. The second-order valence-electron chi connectivity index (χ2n) is 5.26. The van der Waals surface area contributed by atoms with Crippen LogP contribution < -0.4 is 5.32 Å². The van der Waals surface area contributed by atoms with Crippen molar-refractivity contribution in [2.45, 2.75) is 6.18 Å². The SMILES string of the molecule is CNc1sc(-c2ccccc2)c(O)c1-c1cccc(C(F)(F)F)c1Br. The Morgan fingerprint density at radius 2 is 1.72 bits per heavy atom. The van der Waals surface area contributed by atoms with Crippen molar-refractivity contribution in [2.24, 2.45) is 0 Å². The number of benzene rings is 2. The zero-order chi connectivity index (χ0) is 18.2. The highest BCUT2D eigenvalue weighted by atomic mass is 79.9. The Labute approximate surface area is 155 Å². The maximum absolute atomic E-state index is 13.2. The Morgan fingerprint density at radius 1 is 1.04 bits per heavy atom. The molecule has 25 heavy (non-hydrogen) atoms. The molecule has 0 aliphatic carbocycles. The van der Waals surface area contributed by atoms with E-state index in [1.54, 1.807) is 13.1 Å². The predicted molar refractivity (Wildman–Crippen MR) is 99.1 cm³/mol. The van der Waals surface area contributed by atoms with Gasteiger partial charge >= 0.3 is 6.18 Å². The number of rotatable bonds is 3. The van der Waals surface area contributed by atoms with Crippen LogP contribution in [-0.4, -0.2) is 12.2 Å². The monoisotopic (exact) mass is 427 g/mol. The van der Waals surface area contributed by atoms with Crippen LogP contribution in [0.1, 0.15) is 5.56 Å². The van der Waals surface area contributed by atoms with E-state index in [9.17, 15) is 18.3 Å². The van der Waals surface area contributed by atoms with Gasteiger partial charge in [-0.05, 0) is 27.6 Å². The molecule has 0 radical (unpaired) electrons. The van der Waals surface area contributed by atoms with Crippen molar-refractivity contribution >= 4 is 32.3 Å². The molecule has 1 aromatic heterocycles. The Morgan fingerprint density at radius 3 is 2.32 bits per heavy atom. The fourth-order valence-corrected chi connectivity index (χ4v) is 4.33. The third kappa shape index (κ3) is 3.26. The Hall–Kier alpha value is -1.99. The van der Waals surface area contributed by atoms with E-state index in [0.717, 1.165) is 11.6 Å². The van der Waals surface area contributed by atoms with Crippen molar-refractivity contribution in [1.82, 2.24) is 0 Å². The summed E-state index contributed by atoms with van der Waals surface area (Å²) >= 11 is 4.36. The molecular formula is C18H13BrF3NOS. The molecule has 0 aliphatic heterocycles. The van der Waals surface area contributed by atoms with Crippen molar-refractivity contribution in [3.8, 4) is 27.3 Å². The van der Waals surface area contributed by atoms with E-state index in [4.69, 9.17) is 0 Å². The summed E-state index contributed by atoms with van der Waals surface area (Å²) in [7, 11) is 1.67. The van der Waals surface area contributed by atoms with Crippen molar-refractivity contribution in [3.63, 3.8) is 0 Å². The number of thiophene rings is 1. The van der Waals surface area contributed by atoms with Gasteiger partial charge in [-0.1, -0.05) is 42.5 Å². The molecule has 2 aromatic carbocycles. The molecule has 3 rings (SSSR count). The van der Waals surface area contributed by atoms with Crippen LogP contribution in [0.25, 0.3) is 21.6 Å². The van der Waals surface area contributed by atoms with Gasteiger partial charge in [0.25, 0.3) is 0 Å². The van der Waals surface area contributed by atoms with Crippen LogP contribution in [0.3, 0.4) is 0 Å². The molecule has 0 amide bonds. The Balaban J connectivity index is 2.24. The third-order valence-corrected chi connectivity index (χ3v) is 5.82. The zero-order valence-corrected chi connectivity index (χ0v) is 15.4. The maximum atomic E-state index is 13.2. The number of aromatic hydroxyl groups is 1. The van der Waals surface area contributed by atoms with Crippen LogP contribution in [-0.2, 0) is 6.18 Å². The second-order valence-corrected chi connectivity index (χ2v) is 7.08. The molecule has 0 atom stereocenters. The zero-order valence-electron chi connectivity index (χ0n) is 13.0. The van der Waals surface area contributed by atoms with Crippen LogP contribution in [0.5, 0.6) is 5.75 Å². The standard InChI is InChI=1S/C18H13BrF3NOS/c1-23-17-13(11-8-5-9-12(14(11)19)18(20,21)22)15(24)16(25-17)10-6-3-2-4-7-10/h2-9,23-24H,1H3. The van der Waals surface area contributed by atoms with Crippen molar-refractivity contribution < 1.29 is 18.3 Å². The summed E-state index contributed by atoms with van der Waals surface area (Å²) in [6.07, 6.45) is -4.48. The molecule has 7 heteroatoms. The van der Waals surface area contributed by atoms with Gasteiger partial charge in [-0.3, -0.25) is 0 Å². The van der Waals surface area contributed by atoms with E-state index in [1.807, 2.05) is 30.3 Å². The fraction of sp³-hybridized carbons (Fsp3) is 0.111. The van der Waals surface area contributed by atoms with E-state index < -0.39 is 11.7 Å². The summed E-state index contributed by atoms with van der Waals surface area (Å²) in [5.74, 6) is -0.0411. The third-order valence-electron chi connectivity index (χ3n) is 3.72. The van der Waals surface area contributed by atoms with Gasteiger partial charge in [0.15, 0.2) is 0 Å². The summed E-state index contributed by atoms with van der Waals surface area (Å²) < 4.78 is 39.5. The summed E-state index contributed by atoms with van der Waals surface area (Å²) in [6.45, 7) is 0. The molecule has 2 N–H and O–H groups in total. The van der Waals surface area contributed by atoms with Crippen molar-refractivity contribution in [1.29, 1.82) is 0 Å². The van der Waals surface area contributed by atoms with Crippen molar-refractivity contribution in [2.75, 3.05) is 12.4 Å². The topological polar surface area (TPSA) is 32.3 Å². The minimum Gasteiger partial charge on any atom is -0.506 e. The average molecular weight is 428 g/mol. The van der Waals surface area contributed by atoms with Crippen molar-refractivity contribution in [3.05, 3.63) is 58.6 Å². The largest absolute Gasteiger partial charge is 0.506 e. The van der Waals surface area contributed by atoms with E-state index in [2.05, 4.69) is 21.2 Å². The number of anilines is 1. The molecule has 0 bridgehead atoms. The fourth-order valence-electron chi connectivity index (χ4n) is 2.58. The number of hydrogen-bond acceptors (Lipinski definition) is 3. The van der Waals surface area contributed by atoms with E-state index >= 15 is 0 Å². The highest BCUT2D eigenvalue weighted by molar-refractivity contribution is 9.10. The van der Waals surface area contributed by atoms with Gasteiger partial charge in [-0.25, -0.2) is 0 Å². The quantitative estimate of drug-likeness (QED) is 0.492. The predicted octanol–water partition coefficient (Wildman–Crippen LogP) is 6.61. The van der Waals surface area contributed by atoms with Crippen LogP contribution in [0.4, 0.5) is 18.2 Å². The molecular weight excluding hydrogens is 415 g/mol. The second kappa shape index (κ2) is 6.72. The summed E-state index contributed by atoms with van der Waals surface area (Å²) in [6, 6.07) is 13.1. The molecule has 0 spiro atoms. The minimum atomic E-state index is -4.48. The summed E-state index contributed by atoms with van der Waals surface area (Å²) in [5.41, 5.74) is 0.661. The van der Waals surface area contributed by atoms with Gasteiger partial charge in [0, 0.05) is 17.1 Å². The molecule has 2 nitrogen and oxygen atoms in total. The lowest BCUT2D eigenvalue weighted by Crippen LogP contribution is -2.06. The van der Waals surface area contributed by atoms with Gasteiger partial charge in [0.1, 0.15) is 10.8 Å². The smallest absolute Gasteiger partial charge is 0.417 e. The van der Waals surface area contributed by atoms with Gasteiger partial charge in [0.05, 0.1) is 16.0 Å². The van der Waals surface area contributed by atoms with Crippen LogP contribution in [0.15, 0.2) is 53.0 Å². The first-order valence-electron chi connectivity index (χ1n) is 7.29. The number of nitrogens with one attached hydrogen (secondary N) is 1. The molecule has 0 unspecified atom stereocenters. The first-order valence-corrected chi connectivity index (χ1v) is 8.90. The van der Waals surface area contributed by atoms with E-state index in [-0.39, 0.29) is 15.8 Å². The molecule has 0 saturated carbocycles. The van der Waals surface area contributed by atoms with Crippen LogP contribution in [0, 0.1) is 0 Å². The van der Waals surface area contributed by atoms with Gasteiger partial charge in [-0.15, -0.1) is 11.3 Å². The van der Waals surface area contributed by atoms with Gasteiger partial charge in [-0.2, -0.15) is 13.2 Å². The highest BCUT2D eigenvalue weighted by Gasteiger charge is 2.34. The first-order chi connectivity index (χ1) is 11.8. The lowest BCUT2D eigenvalue weighted by molar-refractivity contribution is -0.138. The van der Waals surface area contributed by atoms with Crippen LogP contribution in [0.2, 0.25) is 0 Å². The molecule has 0 saturated heterocycles. The molecule has 130 valence electrons. The number of alkyl halides is 3. The number of halogens is 4. The average Bonchev–Trinajstić information content (AvgIpc) is 2.91. The molecule has 0 aliphatic rings. The highest BCUT2D eigenvalue weighted by Crippen LogP contribution is 2.52. The lowest BCUT2D eigenvalue weighted by Gasteiger charge is -2.13. The minimum absolute atomic E-state index is 0.0411. The summed E-state index contributed by atoms with van der Waals surface area (Å²) in [4.78, 5) is 0.601. The van der Waals surface area contributed by atoms with Gasteiger partial charge < -0.3 is 10.4 Å². The normalized spacial score (nSPS) is 11.6. The molecule has 0 fully saturated rings. The lowest BCUT2D eigenvalue weighted by atomic mass is 10.0. The Bertz CT molecular complexity index is 907. The molecule has 3 aromatic rings. The van der Waals surface area contributed by atoms with E-state index in [1.165, 1.54) is 17.4 Å². The van der Waals surface area contributed by atoms with Crippen LogP contribution >= 0.6 is 27.3 Å². The van der Waals surface area contributed by atoms with Gasteiger partial charge in [0.2, 0.25) is 0 Å². The maximum Gasteiger partial charge on any atom is 0.417 e. The Kier molecular flexibility index (Phi) is 4.79.